The molecule has 0 fully saturated rings. The molecule has 0 aromatic carbocycles. The monoisotopic (exact) mass is 285 g/mol. The number of aliphatic hydroxyl groups excluding tert-OH is 1. The minimum absolute atomic E-state index is 0.394. The van der Waals surface area contributed by atoms with Gasteiger partial charge in [0.1, 0.15) is 0 Å². The molecule has 1 heterocycles. The molecule has 1 aromatic heterocycles. The number of ether oxygens (including phenoxy) is 1. The lowest BCUT2D eigenvalue weighted by atomic mass is 10.2. The lowest BCUT2D eigenvalue weighted by molar-refractivity contribution is 0.0356. The van der Waals surface area contributed by atoms with Gasteiger partial charge in [0.2, 0.25) is 0 Å². The molecule has 0 spiro atoms. The zero-order chi connectivity index (χ0) is 13.8. The van der Waals surface area contributed by atoms with E-state index in [1.807, 2.05) is 0 Å². The van der Waals surface area contributed by atoms with E-state index in [1.54, 1.807) is 11.3 Å². The number of hydrogen-bond donors (Lipinski definition) is 2. The first-order valence-corrected chi connectivity index (χ1v) is 8.19. The summed E-state index contributed by atoms with van der Waals surface area (Å²) in [5, 5.41) is 15.1. The van der Waals surface area contributed by atoms with E-state index in [2.05, 4.69) is 29.8 Å². The highest BCUT2D eigenvalue weighted by Gasteiger charge is 2.03. The van der Waals surface area contributed by atoms with Crippen molar-refractivity contribution in [1.82, 2.24) is 5.32 Å². The van der Waals surface area contributed by atoms with Crippen LogP contribution in [0.4, 0.5) is 0 Å². The highest BCUT2D eigenvalue weighted by atomic mass is 32.1. The average Bonchev–Trinajstić information content (AvgIpc) is 2.92. The van der Waals surface area contributed by atoms with E-state index in [-0.39, 0.29) is 0 Å². The second kappa shape index (κ2) is 11.4. The summed E-state index contributed by atoms with van der Waals surface area (Å²) >= 11 is 1.78. The summed E-state index contributed by atoms with van der Waals surface area (Å²) in [6.07, 6.45) is 5.49. The van der Waals surface area contributed by atoms with Gasteiger partial charge in [-0.1, -0.05) is 32.3 Å². The van der Waals surface area contributed by atoms with Gasteiger partial charge in [-0.25, -0.2) is 0 Å². The van der Waals surface area contributed by atoms with Crippen molar-refractivity contribution in [1.29, 1.82) is 0 Å². The predicted octanol–water partition coefficient (Wildman–Crippen LogP) is 2.84. The van der Waals surface area contributed by atoms with E-state index in [4.69, 9.17) is 4.74 Å². The zero-order valence-electron chi connectivity index (χ0n) is 11.9. The number of hydrogen-bond acceptors (Lipinski definition) is 4. The highest BCUT2D eigenvalue weighted by Crippen LogP contribution is 2.07. The van der Waals surface area contributed by atoms with Gasteiger partial charge in [-0.05, 0) is 24.3 Å². The third kappa shape index (κ3) is 9.16. The van der Waals surface area contributed by atoms with Crippen LogP contribution in [0.3, 0.4) is 0 Å². The number of rotatable bonds is 12. The van der Waals surface area contributed by atoms with E-state index >= 15 is 0 Å². The molecule has 0 saturated heterocycles. The maximum Gasteiger partial charge on any atom is 0.0897 e. The van der Waals surface area contributed by atoms with Crippen LogP contribution in [-0.2, 0) is 11.2 Å². The van der Waals surface area contributed by atoms with Gasteiger partial charge in [-0.3, -0.25) is 0 Å². The fourth-order valence-electron chi connectivity index (χ4n) is 1.84. The molecular weight excluding hydrogens is 258 g/mol. The predicted molar refractivity (Wildman–Crippen MR) is 81.9 cm³/mol. The van der Waals surface area contributed by atoms with Gasteiger partial charge in [0.15, 0.2) is 0 Å². The summed E-state index contributed by atoms with van der Waals surface area (Å²) in [5.41, 5.74) is 0. The van der Waals surface area contributed by atoms with Crippen molar-refractivity contribution in [3.63, 3.8) is 0 Å². The fraction of sp³-hybridized carbons (Fsp3) is 0.733. The van der Waals surface area contributed by atoms with Crippen molar-refractivity contribution >= 4 is 11.3 Å². The standard InChI is InChI=1S/C15H27NO2S/c1-2-3-4-5-10-18-13-14(17)12-16-9-8-15-7-6-11-19-15/h6-7,11,14,16-17H,2-5,8-10,12-13H2,1H3. The van der Waals surface area contributed by atoms with E-state index < -0.39 is 6.10 Å². The maximum atomic E-state index is 9.72. The Bertz CT molecular complexity index is 290. The molecule has 0 aliphatic carbocycles. The number of aliphatic hydroxyl groups is 1. The molecule has 1 atom stereocenters. The molecule has 0 saturated carbocycles. The van der Waals surface area contributed by atoms with Gasteiger partial charge in [0, 0.05) is 24.6 Å². The van der Waals surface area contributed by atoms with Gasteiger partial charge in [-0.2, -0.15) is 0 Å². The Morgan fingerprint density at radius 1 is 1.37 bits per heavy atom. The first kappa shape index (κ1) is 16.6. The van der Waals surface area contributed by atoms with Crippen LogP contribution in [0.1, 0.15) is 37.5 Å². The van der Waals surface area contributed by atoms with Crippen molar-refractivity contribution in [2.75, 3.05) is 26.3 Å². The number of nitrogens with one attached hydrogen (secondary N) is 1. The Morgan fingerprint density at radius 2 is 2.26 bits per heavy atom. The number of unbranched alkanes of at least 4 members (excludes halogenated alkanes) is 3. The van der Waals surface area contributed by atoms with Crippen molar-refractivity contribution in [3.8, 4) is 0 Å². The van der Waals surface area contributed by atoms with Gasteiger partial charge in [-0.15, -0.1) is 11.3 Å². The Hall–Kier alpha value is -0.420. The van der Waals surface area contributed by atoms with E-state index in [0.717, 1.165) is 26.0 Å². The van der Waals surface area contributed by atoms with E-state index in [0.29, 0.717) is 13.2 Å². The van der Waals surface area contributed by atoms with Gasteiger partial charge >= 0.3 is 0 Å². The minimum atomic E-state index is -0.394. The largest absolute Gasteiger partial charge is 0.389 e. The molecular formula is C15H27NO2S. The molecule has 0 radical (unpaired) electrons. The quantitative estimate of drug-likeness (QED) is 0.580. The van der Waals surface area contributed by atoms with Crippen LogP contribution >= 0.6 is 11.3 Å². The fourth-order valence-corrected chi connectivity index (χ4v) is 2.55. The Morgan fingerprint density at radius 3 is 3.00 bits per heavy atom. The van der Waals surface area contributed by atoms with Gasteiger partial charge in [0.25, 0.3) is 0 Å². The van der Waals surface area contributed by atoms with Gasteiger partial charge in [0.05, 0.1) is 12.7 Å². The van der Waals surface area contributed by atoms with Crippen molar-refractivity contribution in [2.45, 2.75) is 45.1 Å². The zero-order valence-corrected chi connectivity index (χ0v) is 12.8. The molecule has 19 heavy (non-hydrogen) atoms. The molecule has 0 amide bonds. The van der Waals surface area contributed by atoms with Crippen LogP contribution in [0, 0.1) is 0 Å². The lowest BCUT2D eigenvalue weighted by Crippen LogP contribution is -2.31. The van der Waals surface area contributed by atoms with Crippen LogP contribution in [0.2, 0.25) is 0 Å². The van der Waals surface area contributed by atoms with Crippen LogP contribution in [0.5, 0.6) is 0 Å². The van der Waals surface area contributed by atoms with Gasteiger partial charge < -0.3 is 15.2 Å². The summed E-state index contributed by atoms with van der Waals surface area (Å²) in [5.74, 6) is 0. The summed E-state index contributed by atoms with van der Waals surface area (Å²) in [7, 11) is 0. The first-order chi connectivity index (χ1) is 9.33. The Balaban J connectivity index is 1.86. The molecule has 0 bridgehead atoms. The SMILES string of the molecule is CCCCCCOCC(O)CNCCc1cccs1. The third-order valence-electron chi connectivity index (χ3n) is 2.96. The highest BCUT2D eigenvalue weighted by molar-refractivity contribution is 7.09. The normalized spacial score (nSPS) is 12.7. The Kier molecular flexibility index (Phi) is 9.99. The molecule has 0 aliphatic rings. The molecule has 1 unspecified atom stereocenters. The summed E-state index contributed by atoms with van der Waals surface area (Å²) in [6.45, 7) is 4.94. The smallest absolute Gasteiger partial charge is 0.0897 e. The maximum absolute atomic E-state index is 9.72. The summed E-state index contributed by atoms with van der Waals surface area (Å²) < 4.78 is 5.46. The van der Waals surface area contributed by atoms with Crippen LogP contribution < -0.4 is 5.32 Å². The molecule has 3 nitrogen and oxygen atoms in total. The molecule has 2 N–H and O–H groups in total. The van der Waals surface area contributed by atoms with Crippen LogP contribution in [0.25, 0.3) is 0 Å². The average molecular weight is 285 g/mol. The van der Waals surface area contributed by atoms with Crippen molar-refractivity contribution < 1.29 is 9.84 Å². The molecule has 1 rings (SSSR count). The Labute approximate surface area is 121 Å². The van der Waals surface area contributed by atoms with E-state index in [1.165, 1.54) is 24.1 Å². The molecule has 4 heteroatoms. The summed E-state index contributed by atoms with van der Waals surface area (Å²) in [4.78, 5) is 1.38. The molecule has 0 aliphatic heterocycles. The van der Waals surface area contributed by atoms with Crippen LogP contribution in [0.15, 0.2) is 17.5 Å². The van der Waals surface area contributed by atoms with Crippen molar-refractivity contribution in [3.05, 3.63) is 22.4 Å². The van der Waals surface area contributed by atoms with Crippen molar-refractivity contribution in [2.24, 2.45) is 0 Å². The topological polar surface area (TPSA) is 41.5 Å². The lowest BCUT2D eigenvalue weighted by Gasteiger charge is -2.12. The number of thiophene rings is 1. The molecule has 110 valence electrons. The summed E-state index contributed by atoms with van der Waals surface area (Å²) in [6, 6.07) is 4.21. The third-order valence-corrected chi connectivity index (χ3v) is 3.90. The second-order valence-electron chi connectivity index (χ2n) is 4.82. The van der Waals surface area contributed by atoms with Crippen LogP contribution in [-0.4, -0.2) is 37.5 Å². The van der Waals surface area contributed by atoms with E-state index in [9.17, 15) is 5.11 Å². The first-order valence-electron chi connectivity index (χ1n) is 7.31. The minimum Gasteiger partial charge on any atom is -0.389 e. The molecule has 1 aromatic rings. The second-order valence-corrected chi connectivity index (χ2v) is 5.86.